The highest BCUT2D eigenvalue weighted by Gasteiger charge is 2.11. The van der Waals surface area contributed by atoms with Gasteiger partial charge in [-0.25, -0.2) is 0 Å². The van der Waals surface area contributed by atoms with E-state index in [9.17, 15) is 4.79 Å². The van der Waals surface area contributed by atoms with Crippen LogP contribution in [0.3, 0.4) is 0 Å². The first kappa shape index (κ1) is 19.0. The Balaban J connectivity index is 1.56. The van der Waals surface area contributed by atoms with Gasteiger partial charge in [-0.05, 0) is 67.3 Å². The standard InChI is InChI=1S/C22H23N3OS/c1-16-6-11-20(21(15-16)27-2)22(26)25-19-9-7-18(8-10-19)24-14-12-17-5-3-4-13-23-17/h3-11,13,15,24H,12,14H2,1-2H3,(H,25,26). The van der Waals surface area contributed by atoms with Crippen LogP contribution in [0.2, 0.25) is 0 Å². The minimum atomic E-state index is -0.0878. The summed E-state index contributed by atoms with van der Waals surface area (Å²) < 4.78 is 0. The van der Waals surface area contributed by atoms with E-state index in [0.717, 1.165) is 40.5 Å². The molecule has 2 aromatic carbocycles. The highest BCUT2D eigenvalue weighted by atomic mass is 32.2. The number of hydrogen-bond acceptors (Lipinski definition) is 4. The number of nitrogens with zero attached hydrogens (tertiary/aromatic N) is 1. The van der Waals surface area contributed by atoms with Crippen molar-refractivity contribution < 1.29 is 4.79 Å². The Hall–Kier alpha value is -2.79. The Bertz CT molecular complexity index is 895. The monoisotopic (exact) mass is 377 g/mol. The van der Waals surface area contributed by atoms with Crippen molar-refractivity contribution >= 4 is 29.0 Å². The predicted octanol–water partition coefficient (Wildman–Crippen LogP) is 5.02. The van der Waals surface area contributed by atoms with Crippen molar-refractivity contribution in [2.24, 2.45) is 0 Å². The zero-order valence-electron chi connectivity index (χ0n) is 15.5. The Labute approximate surface area is 164 Å². The summed E-state index contributed by atoms with van der Waals surface area (Å²) in [7, 11) is 0. The van der Waals surface area contributed by atoms with E-state index < -0.39 is 0 Å². The third kappa shape index (κ3) is 5.34. The van der Waals surface area contributed by atoms with E-state index in [1.54, 1.807) is 11.8 Å². The lowest BCUT2D eigenvalue weighted by molar-refractivity contribution is 0.102. The molecule has 27 heavy (non-hydrogen) atoms. The lowest BCUT2D eigenvalue weighted by Crippen LogP contribution is -2.13. The van der Waals surface area contributed by atoms with Gasteiger partial charge in [0.2, 0.25) is 0 Å². The summed E-state index contributed by atoms with van der Waals surface area (Å²) in [5.74, 6) is -0.0878. The van der Waals surface area contributed by atoms with Gasteiger partial charge >= 0.3 is 0 Å². The van der Waals surface area contributed by atoms with Crippen molar-refractivity contribution in [3.63, 3.8) is 0 Å². The van der Waals surface area contributed by atoms with E-state index in [1.165, 1.54) is 0 Å². The number of pyridine rings is 1. The molecule has 0 atom stereocenters. The Morgan fingerprint density at radius 2 is 1.81 bits per heavy atom. The van der Waals surface area contributed by atoms with Gasteiger partial charge in [-0.3, -0.25) is 9.78 Å². The second-order valence-corrected chi connectivity index (χ2v) is 7.08. The molecule has 0 spiro atoms. The largest absolute Gasteiger partial charge is 0.385 e. The molecule has 4 nitrogen and oxygen atoms in total. The third-order valence-electron chi connectivity index (χ3n) is 4.18. The number of nitrogens with one attached hydrogen (secondary N) is 2. The second-order valence-electron chi connectivity index (χ2n) is 6.23. The minimum Gasteiger partial charge on any atom is -0.385 e. The molecule has 3 rings (SSSR count). The summed E-state index contributed by atoms with van der Waals surface area (Å²) in [6.07, 6.45) is 4.66. The van der Waals surface area contributed by atoms with Crippen LogP contribution in [0.4, 0.5) is 11.4 Å². The van der Waals surface area contributed by atoms with E-state index >= 15 is 0 Å². The van der Waals surface area contributed by atoms with Gasteiger partial charge in [-0.15, -0.1) is 11.8 Å². The smallest absolute Gasteiger partial charge is 0.256 e. The maximum Gasteiger partial charge on any atom is 0.256 e. The Kier molecular flexibility index (Phi) is 6.49. The van der Waals surface area contributed by atoms with Crippen molar-refractivity contribution in [2.45, 2.75) is 18.2 Å². The van der Waals surface area contributed by atoms with Gasteiger partial charge in [0, 0.05) is 41.1 Å². The molecule has 138 valence electrons. The highest BCUT2D eigenvalue weighted by molar-refractivity contribution is 7.98. The molecule has 1 heterocycles. The summed E-state index contributed by atoms with van der Waals surface area (Å²) in [6.45, 7) is 2.84. The topological polar surface area (TPSA) is 54.0 Å². The first-order chi connectivity index (χ1) is 13.2. The number of aryl methyl sites for hydroxylation is 1. The normalized spacial score (nSPS) is 10.4. The van der Waals surface area contributed by atoms with Crippen LogP contribution in [-0.4, -0.2) is 23.7 Å². The zero-order valence-corrected chi connectivity index (χ0v) is 16.3. The fourth-order valence-electron chi connectivity index (χ4n) is 2.74. The molecule has 0 aliphatic heterocycles. The van der Waals surface area contributed by atoms with Crippen LogP contribution in [0, 0.1) is 6.92 Å². The van der Waals surface area contributed by atoms with Crippen LogP contribution in [0.1, 0.15) is 21.6 Å². The first-order valence-electron chi connectivity index (χ1n) is 8.85. The molecule has 0 aliphatic carbocycles. The highest BCUT2D eigenvalue weighted by Crippen LogP contribution is 2.23. The van der Waals surface area contributed by atoms with Crippen LogP contribution < -0.4 is 10.6 Å². The minimum absolute atomic E-state index is 0.0878. The molecular formula is C22H23N3OS. The molecule has 1 aromatic heterocycles. The number of carbonyl (C=O) groups excluding carboxylic acids is 1. The lowest BCUT2D eigenvalue weighted by atomic mass is 10.1. The Morgan fingerprint density at radius 3 is 2.52 bits per heavy atom. The van der Waals surface area contributed by atoms with Gasteiger partial charge in [0.05, 0.1) is 5.56 Å². The number of carbonyl (C=O) groups is 1. The van der Waals surface area contributed by atoms with Gasteiger partial charge in [-0.2, -0.15) is 0 Å². The van der Waals surface area contributed by atoms with E-state index in [-0.39, 0.29) is 5.91 Å². The second kappa shape index (κ2) is 9.24. The Morgan fingerprint density at radius 1 is 1.04 bits per heavy atom. The van der Waals surface area contributed by atoms with Crippen molar-refractivity contribution in [3.05, 3.63) is 83.7 Å². The molecule has 0 unspecified atom stereocenters. The van der Waals surface area contributed by atoms with Crippen LogP contribution >= 0.6 is 11.8 Å². The summed E-state index contributed by atoms with van der Waals surface area (Å²) in [5.41, 5.74) is 4.71. The SMILES string of the molecule is CSc1cc(C)ccc1C(=O)Nc1ccc(NCCc2ccccn2)cc1. The molecule has 0 saturated carbocycles. The van der Waals surface area contributed by atoms with Crippen LogP contribution in [-0.2, 0) is 6.42 Å². The van der Waals surface area contributed by atoms with Crippen LogP contribution in [0.25, 0.3) is 0 Å². The zero-order chi connectivity index (χ0) is 19.1. The number of anilines is 2. The molecule has 0 bridgehead atoms. The molecule has 5 heteroatoms. The van der Waals surface area contributed by atoms with E-state index in [4.69, 9.17) is 0 Å². The molecule has 0 saturated heterocycles. The van der Waals surface area contributed by atoms with Crippen molar-refractivity contribution in [1.29, 1.82) is 0 Å². The summed E-state index contributed by atoms with van der Waals surface area (Å²) >= 11 is 1.58. The first-order valence-corrected chi connectivity index (χ1v) is 10.1. The van der Waals surface area contributed by atoms with Gasteiger partial charge in [0.15, 0.2) is 0 Å². The third-order valence-corrected chi connectivity index (χ3v) is 4.96. The summed E-state index contributed by atoms with van der Waals surface area (Å²) in [4.78, 5) is 17.9. The number of benzene rings is 2. The van der Waals surface area contributed by atoms with Gasteiger partial charge < -0.3 is 10.6 Å². The fourth-order valence-corrected chi connectivity index (χ4v) is 3.42. The lowest BCUT2D eigenvalue weighted by Gasteiger charge is -2.11. The molecule has 0 radical (unpaired) electrons. The van der Waals surface area contributed by atoms with Gasteiger partial charge in [0.25, 0.3) is 5.91 Å². The summed E-state index contributed by atoms with van der Waals surface area (Å²) in [5, 5.41) is 6.35. The van der Waals surface area contributed by atoms with Crippen molar-refractivity contribution in [2.75, 3.05) is 23.4 Å². The maximum absolute atomic E-state index is 12.6. The number of amides is 1. The summed E-state index contributed by atoms with van der Waals surface area (Å²) in [6, 6.07) is 19.6. The van der Waals surface area contributed by atoms with Crippen molar-refractivity contribution in [3.8, 4) is 0 Å². The van der Waals surface area contributed by atoms with Crippen LogP contribution in [0.15, 0.2) is 71.8 Å². The van der Waals surface area contributed by atoms with Crippen LogP contribution in [0.5, 0.6) is 0 Å². The van der Waals surface area contributed by atoms with E-state index in [1.807, 2.05) is 80.0 Å². The average Bonchev–Trinajstić information content (AvgIpc) is 2.70. The number of aromatic nitrogens is 1. The number of hydrogen-bond donors (Lipinski definition) is 2. The molecule has 0 fully saturated rings. The average molecular weight is 378 g/mol. The number of rotatable bonds is 7. The molecule has 1 amide bonds. The molecule has 0 aliphatic rings. The maximum atomic E-state index is 12.6. The number of thioether (sulfide) groups is 1. The van der Waals surface area contributed by atoms with E-state index in [2.05, 4.69) is 15.6 Å². The van der Waals surface area contributed by atoms with E-state index in [0.29, 0.717) is 5.56 Å². The quantitative estimate of drug-likeness (QED) is 0.568. The predicted molar refractivity (Wildman–Crippen MR) is 114 cm³/mol. The molecular weight excluding hydrogens is 354 g/mol. The van der Waals surface area contributed by atoms with Gasteiger partial charge in [0.1, 0.15) is 0 Å². The van der Waals surface area contributed by atoms with Crippen molar-refractivity contribution in [1.82, 2.24) is 4.98 Å². The molecule has 2 N–H and O–H groups in total. The van der Waals surface area contributed by atoms with Gasteiger partial charge in [-0.1, -0.05) is 12.1 Å². The molecule has 3 aromatic rings. The fraction of sp³-hybridized carbons (Fsp3) is 0.182.